The third kappa shape index (κ3) is 3.93. The maximum absolute atomic E-state index is 12.2. The molecule has 0 saturated heterocycles. The molecule has 2 rings (SSSR count). The van der Waals surface area contributed by atoms with Gasteiger partial charge in [-0.2, -0.15) is 4.72 Å². The largest absolute Gasteiger partial charge is 0.324 e. The van der Waals surface area contributed by atoms with Gasteiger partial charge in [-0.15, -0.1) is 0 Å². The van der Waals surface area contributed by atoms with Crippen LogP contribution in [0.15, 0.2) is 59.5 Å². The molecule has 2 aromatic rings. The minimum atomic E-state index is -3.72. The Hall–Kier alpha value is -2.18. The van der Waals surface area contributed by atoms with Gasteiger partial charge >= 0.3 is 0 Å². The fourth-order valence-electron chi connectivity index (χ4n) is 1.91. The van der Waals surface area contributed by atoms with E-state index < -0.39 is 22.0 Å². The molecule has 5 nitrogen and oxygen atoms in total. The molecule has 0 aliphatic carbocycles. The Morgan fingerprint density at radius 2 is 1.59 bits per heavy atom. The number of amides is 1. The van der Waals surface area contributed by atoms with Crippen LogP contribution >= 0.6 is 0 Å². The number of sulfonamides is 1. The van der Waals surface area contributed by atoms with Crippen molar-refractivity contribution in [3.8, 4) is 0 Å². The lowest BCUT2D eigenvalue weighted by Gasteiger charge is -2.15. The molecule has 0 heterocycles. The molecule has 0 aromatic heterocycles. The summed E-state index contributed by atoms with van der Waals surface area (Å²) in [7, 11) is -3.72. The number of carbonyl (C=O) groups excluding carboxylic acids is 1. The topological polar surface area (TPSA) is 75.3 Å². The number of aryl methyl sites for hydroxylation is 1. The first-order valence-corrected chi connectivity index (χ1v) is 8.32. The minimum Gasteiger partial charge on any atom is -0.324 e. The molecule has 2 N–H and O–H groups in total. The number of benzene rings is 2. The van der Waals surface area contributed by atoms with Gasteiger partial charge in [-0.3, -0.25) is 4.79 Å². The maximum atomic E-state index is 12.2. The highest BCUT2D eigenvalue weighted by molar-refractivity contribution is 7.89. The molecule has 6 heteroatoms. The van der Waals surface area contributed by atoms with Crippen LogP contribution in [0, 0.1) is 6.92 Å². The molecule has 1 amide bonds. The third-order valence-electron chi connectivity index (χ3n) is 3.18. The van der Waals surface area contributed by atoms with E-state index in [0.29, 0.717) is 5.69 Å². The smallest absolute Gasteiger partial charge is 0.242 e. The fourth-order valence-corrected chi connectivity index (χ4v) is 3.13. The molecule has 116 valence electrons. The fraction of sp³-hybridized carbons (Fsp3) is 0.188. The molecule has 22 heavy (non-hydrogen) atoms. The predicted octanol–water partition coefficient (Wildman–Crippen LogP) is 2.30. The second-order valence-electron chi connectivity index (χ2n) is 4.96. The van der Waals surface area contributed by atoms with E-state index in [1.165, 1.54) is 19.1 Å². The van der Waals surface area contributed by atoms with E-state index in [1.54, 1.807) is 30.3 Å². The van der Waals surface area contributed by atoms with Crippen molar-refractivity contribution < 1.29 is 13.2 Å². The van der Waals surface area contributed by atoms with Crippen molar-refractivity contribution in [2.24, 2.45) is 0 Å². The molecular formula is C16H18N2O3S. The average molecular weight is 318 g/mol. The molecule has 2 aromatic carbocycles. The molecule has 0 fully saturated rings. The zero-order chi connectivity index (χ0) is 16.2. The van der Waals surface area contributed by atoms with Crippen LogP contribution < -0.4 is 10.0 Å². The quantitative estimate of drug-likeness (QED) is 0.888. The van der Waals surface area contributed by atoms with Crippen molar-refractivity contribution in [2.75, 3.05) is 5.32 Å². The summed E-state index contributed by atoms with van der Waals surface area (Å²) in [5.74, 6) is -0.409. The van der Waals surface area contributed by atoms with E-state index in [4.69, 9.17) is 0 Å². The van der Waals surface area contributed by atoms with Gasteiger partial charge in [0.05, 0.1) is 10.9 Å². The van der Waals surface area contributed by atoms with E-state index in [0.717, 1.165) is 5.56 Å². The van der Waals surface area contributed by atoms with Gasteiger partial charge in [0.25, 0.3) is 0 Å². The minimum absolute atomic E-state index is 0.130. The molecule has 0 aliphatic rings. The van der Waals surface area contributed by atoms with Gasteiger partial charge < -0.3 is 5.32 Å². The SMILES string of the molecule is Cc1ccccc1NC(=O)[C@H](C)NS(=O)(=O)c1ccccc1. The highest BCUT2D eigenvalue weighted by atomic mass is 32.2. The van der Waals surface area contributed by atoms with Crippen molar-refractivity contribution in [3.05, 3.63) is 60.2 Å². The van der Waals surface area contributed by atoms with Crippen molar-refractivity contribution in [2.45, 2.75) is 24.8 Å². The highest BCUT2D eigenvalue weighted by Crippen LogP contribution is 2.14. The van der Waals surface area contributed by atoms with Gasteiger partial charge in [-0.25, -0.2) is 8.42 Å². The van der Waals surface area contributed by atoms with Crippen molar-refractivity contribution >= 4 is 21.6 Å². The first-order chi connectivity index (χ1) is 10.4. The van der Waals surface area contributed by atoms with E-state index in [2.05, 4.69) is 10.0 Å². The lowest BCUT2D eigenvalue weighted by Crippen LogP contribution is -2.41. The summed E-state index contributed by atoms with van der Waals surface area (Å²) < 4.78 is 26.7. The summed E-state index contributed by atoms with van der Waals surface area (Å²) in [6.45, 7) is 3.38. The summed E-state index contributed by atoms with van der Waals surface area (Å²) >= 11 is 0. The van der Waals surface area contributed by atoms with E-state index in [-0.39, 0.29) is 4.90 Å². The van der Waals surface area contributed by atoms with Crippen LogP contribution in [0.5, 0.6) is 0 Å². The Labute approximate surface area is 130 Å². The van der Waals surface area contributed by atoms with Gasteiger partial charge in [0.15, 0.2) is 0 Å². The molecule has 0 radical (unpaired) electrons. The van der Waals surface area contributed by atoms with Crippen molar-refractivity contribution in [1.29, 1.82) is 0 Å². The number of nitrogens with one attached hydrogen (secondary N) is 2. The Balaban J connectivity index is 2.07. The summed E-state index contributed by atoms with van der Waals surface area (Å²) in [5.41, 5.74) is 1.58. The van der Waals surface area contributed by atoms with Gasteiger partial charge in [0.1, 0.15) is 0 Å². The average Bonchev–Trinajstić information content (AvgIpc) is 2.50. The van der Waals surface area contributed by atoms with Gasteiger partial charge in [-0.1, -0.05) is 36.4 Å². The van der Waals surface area contributed by atoms with Crippen LogP contribution in [0.3, 0.4) is 0 Å². The van der Waals surface area contributed by atoms with Crippen LogP contribution in [0.25, 0.3) is 0 Å². The van der Waals surface area contributed by atoms with E-state index in [9.17, 15) is 13.2 Å². The van der Waals surface area contributed by atoms with Crippen LogP contribution in [-0.4, -0.2) is 20.4 Å². The Morgan fingerprint density at radius 3 is 2.23 bits per heavy atom. The molecule has 1 atom stereocenters. The summed E-state index contributed by atoms with van der Waals surface area (Å²) in [5, 5.41) is 2.72. The second kappa shape index (κ2) is 6.72. The zero-order valence-corrected chi connectivity index (χ0v) is 13.2. The Kier molecular flexibility index (Phi) is 4.95. The monoisotopic (exact) mass is 318 g/mol. The predicted molar refractivity (Wildman–Crippen MR) is 86.0 cm³/mol. The van der Waals surface area contributed by atoms with E-state index >= 15 is 0 Å². The maximum Gasteiger partial charge on any atom is 0.242 e. The Bertz CT molecular complexity index is 758. The number of anilines is 1. The van der Waals surface area contributed by atoms with Crippen molar-refractivity contribution in [1.82, 2.24) is 4.72 Å². The normalized spacial score (nSPS) is 12.6. The number of carbonyl (C=O) groups is 1. The highest BCUT2D eigenvalue weighted by Gasteiger charge is 2.22. The van der Waals surface area contributed by atoms with Crippen LogP contribution in [0.4, 0.5) is 5.69 Å². The molecule has 0 saturated carbocycles. The number of hydrogen-bond acceptors (Lipinski definition) is 3. The van der Waals surface area contributed by atoms with Gasteiger partial charge in [-0.05, 0) is 37.6 Å². The molecule has 0 spiro atoms. The van der Waals surface area contributed by atoms with Crippen molar-refractivity contribution in [3.63, 3.8) is 0 Å². The summed E-state index contributed by atoms with van der Waals surface area (Å²) in [4.78, 5) is 12.3. The molecular weight excluding hydrogens is 300 g/mol. The number of para-hydroxylation sites is 1. The van der Waals surface area contributed by atoms with E-state index in [1.807, 2.05) is 19.1 Å². The molecule has 0 bridgehead atoms. The van der Waals surface area contributed by atoms with Crippen LogP contribution in [-0.2, 0) is 14.8 Å². The summed E-state index contributed by atoms with van der Waals surface area (Å²) in [6, 6.07) is 14.4. The zero-order valence-electron chi connectivity index (χ0n) is 12.4. The van der Waals surface area contributed by atoms with Gasteiger partial charge in [0.2, 0.25) is 15.9 Å². The third-order valence-corrected chi connectivity index (χ3v) is 4.74. The number of hydrogen-bond donors (Lipinski definition) is 2. The van der Waals surface area contributed by atoms with Crippen LogP contribution in [0.1, 0.15) is 12.5 Å². The van der Waals surface area contributed by atoms with Crippen LogP contribution in [0.2, 0.25) is 0 Å². The molecule has 0 unspecified atom stereocenters. The number of rotatable bonds is 5. The lowest BCUT2D eigenvalue weighted by atomic mass is 10.2. The first-order valence-electron chi connectivity index (χ1n) is 6.84. The summed E-state index contributed by atoms with van der Waals surface area (Å²) in [6.07, 6.45) is 0. The molecule has 0 aliphatic heterocycles. The lowest BCUT2D eigenvalue weighted by molar-refractivity contribution is -0.117. The second-order valence-corrected chi connectivity index (χ2v) is 6.67. The Morgan fingerprint density at radius 1 is 1.00 bits per heavy atom. The standard InChI is InChI=1S/C16H18N2O3S/c1-12-8-6-7-11-15(12)17-16(19)13(2)18-22(20,21)14-9-4-3-5-10-14/h3-11,13,18H,1-2H3,(H,17,19)/t13-/m0/s1. The first kappa shape index (κ1) is 16.2. The van der Waals surface area contributed by atoms with Gasteiger partial charge in [0, 0.05) is 5.69 Å².